The first-order valence-corrected chi connectivity index (χ1v) is 5.27. The number of amides is 1. The maximum atomic E-state index is 11.6. The average Bonchev–Trinajstić information content (AvgIpc) is 2.66. The van der Waals surface area contributed by atoms with E-state index in [0.717, 1.165) is 11.5 Å². The van der Waals surface area contributed by atoms with Crippen LogP contribution in [0.1, 0.15) is 10.4 Å². The Morgan fingerprint density at radius 2 is 2.07 bits per heavy atom. The van der Waals surface area contributed by atoms with Crippen LogP contribution in [-0.2, 0) is 0 Å². The van der Waals surface area contributed by atoms with Gasteiger partial charge < -0.3 is 5.32 Å². The summed E-state index contributed by atoms with van der Waals surface area (Å²) in [5, 5.41) is 6.26. The van der Waals surface area contributed by atoms with E-state index in [9.17, 15) is 4.79 Å². The molecule has 0 unspecified atom stereocenters. The molecule has 0 saturated carbocycles. The number of benzene rings is 1. The summed E-state index contributed by atoms with van der Waals surface area (Å²) in [5.41, 5.74) is 0.557. The zero-order chi connectivity index (χ0) is 10.7. The Labute approximate surface area is 95.1 Å². The Morgan fingerprint density at radius 1 is 1.33 bits per heavy atom. The topological polar surface area (TPSA) is 54.9 Å². The van der Waals surface area contributed by atoms with Gasteiger partial charge in [-0.2, -0.15) is 0 Å². The van der Waals surface area contributed by atoms with Crippen LogP contribution in [0.4, 0.5) is 5.82 Å². The van der Waals surface area contributed by atoms with E-state index >= 15 is 0 Å². The van der Waals surface area contributed by atoms with E-state index in [0.29, 0.717) is 15.7 Å². The highest BCUT2D eigenvalue weighted by atomic mass is 35.5. The molecule has 0 saturated heterocycles. The maximum Gasteiger partial charge on any atom is 0.256 e. The predicted molar refractivity (Wildman–Crippen MR) is 59.3 cm³/mol. The van der Waals surface area contributed by atoms with Gasteiger partial charge in [-0.1, -0.05) is 34.3 Å². The molecule has 0 spiro atoms. The van der Waals surface area contributed by atoms with Crippen molar-refractivity contribution in [2.45, 2.75) is 0 Å². The minimum absolute atomic E-state index is 0.245. The molecular weight excluding hydrogens is 234 g/mol. The molecule has 0 bridgehead atoms. The molecule has 1 N–H and O–H groups in total. The Balaban J connectivity index is 2.15. The molecule has 0 atom stereocenters. The van der Waals surface area contributed by atoms with Crippen molar-refractivity contribution in [3.05, 3.63) is 40.2 Å². The van der Waals surface area contributed by atoms with Crippen LogP contribution in [0.25, 0.3) is 0 Å². The third-order valence-electron chi connectivity index (χ3n) is 1.72. The van der Waals surface area contributed by atoms with Crippen LogP contribution in [0.3, 0.4) is 0 Å². The maximum absolute atomic E-state index is 11.6. The van der Waals surface area contributed by atoms with Gasteiger partial charge in [0.15, 0.2) is 10.2 Å². The smallest absolute Gasteiger partial charge is 0.256 e. The summed E-state index contributed by atoms with van der Waals surface area (Å²) in [6.07, 6.45) is 0. The number of nitrogens with one attached hydrogen (secondary N) is 1. The molecule has 1 aromatic heterocycles. The monoisotopic (exact) mass is 239 g/mol. The summed E-state index contributed by atoms with van der Waals surface area (Å²) in [7, 11) is 0. The zero-order valence-electron chi connectivity index (χ0n) is 7.48. The first kappa shape index (κ1) is 10.1. The van der Waals surface area contributed by atoms with Crippen molar-refractivity contribution in [1.82, 2.24) is 9.59 Å². The van der Waals surface area contributed by atoms with E-state index < -0.39 is 0 Å². The van der Waals surface area contributed by atoms with Crippen LogP contribution in [0, 0.1) is 0 Å². The number of hydrogen-bond donors (Lipinski definition) is 1. The summed E-state index contributed by atoms with van der Waals surface area (Å²) in [6.45, 7) is 0. The highest BCUT2D eigenvalue weighted by Crippen LogP contribution is 2.22. The van der Waals surface area contributed by atoms with Gasteiger partial charge in [0.2, 0.25) is 0 Å². The molecule has 0 radical (unpaired) electrons. The molecule has 1 heterocycles. The van der Waals surface area contributed by atoms with Crippen molar-refractivity contribution >= 4 is 34.9 Å². The summed E-state index contributed by atoms with van der Waals surface area (Å²) in [5.74, 6) is 0.0562. The van der Waals surface area contributed by atoms with Crippen LogP contribution in [-0.4, -0.2) is 15.5 Å². The minimum atomic E-state index is -0.245. The minimum Gasteiger partial charge on any atom is -0.303 e. The standard InChI is InChI=1S/C9H6ClN3OS/c10-7-8(12-13-15-7)11-9(14)6-4-2-1-3-5-6/h1-5H,(H,11,14). The second kappa shape index (κ2) is 4.37. The lowest BCUT2D eigenvalue weighted by atomic mass is 10.2. The molecular formula is C9H6ClN3OS. The van der Waals surface area contributed by atoms with Crippen LogP contribution in [0.15, 0.2) is 30.3 Å². The number of hydrogen-bond acceptors (Lipinski definition) is 4. The van der Waals surface area contributed by atoms with Gasteiger partial charge >= 0.3 is 0 Å². The van der Waals surface area contributed by atoms with Gasteiger partial charge in [0.05, 0.1) is 0 Å². The normalized spacial score (nSPS) is 9.93. The number of rotatable bonds is 2. The van der Waals surface area contributed by atoms with Crippen molar-refractivity contribution in [2.24, 2.45) is 0 Å². The Kier molecular flexibility index (Phi) is 2.94. The molecule has 0 aliphatic heterocycles. The highest BCUT2D eigenvalue weighted by Gasteiger charge is 2.10. The fraction of sp³-hybridized carbons (Fsp3) is 0. The van der Waals surface area contributed by atoms with E-state index in [4.69, 9.17) is 11.6 Å². The zero-order valence-corrected chi connectivity index (χ0v) is 9.05. The lowest BCUT2D eigenvalue weighted by Gasteiger charge is -2.00. The van der Waals surface area contributed by atoms with E-state index in [1.807, 2.05) is 6.07 Å². The molecule has 0 fully saturated rings. The SMILES string of the molecule is O=C(Nc1nnsc1Cl)c1ccccc1. The van der Waals surface area contributed by atoms with E-state index in [2.05, 4.69) is 14.9 Å². The largest absolute Gasteiger partial charge is 0.303 e. The number of carbonyl (C=O) groups is 1. The molecule has 0 aliphatic carbocycles. The summed E-state index contributed by atoms with van der Waals surface area (Å²) in [4.78, 5) is 11.6. The van der Waals surface area contributed by atoms with Crippen LogP contribution < -0.4 is 5.32 Å². The Bertz CT molecular complexity index is 471. The van der Waals surface area contributed by atoms with Crippen molar-refractivity contribution in [2.75, 3.05) is 5.32 Å². The van der Waals surface area contributed by atoms with Gasteiger partial charge in [-0.25, -0.2) is 0 Å². The van der Waals surface area contributed by atoms with Crippen molar-refractivity contribution in [1.29, 1.82) is 0 Å². The average molecular weight is 240 g/mol. The molecule has 0 aliphatic rings. The molecule has 1 amide bonds. The fourth-order valence-corrected chi connectivity index (χ4v) is 1.57. The number of nitrogens with zero attached hydrogens (tertiary/aromatic N) is 2. The first-order chi connectivity index (χ1) is 7.27. The molecule has 76 valence electrons. The lowest BCUT2D eigenvalue weighted by molar-refractivity contribution is 0.102. The third kappa shape index (κ3) is 2.31. The molecule has 15 heavy (non-hydrogen) atoms. The predicted octanol–water partition coefficient (Wildman–Crippen LogP) is 2.44. The molecule has 2 aromatic rings. The quantitative estimate of drug-likeness (QED) is 0.876. The summed E-state index contributed by atoms with van der Waals surface area (Å²) in [6, 6.07) is 8.84. The van der Waals surface area contributed by atoms with Crippen LogP contribution >= 0.6 is 23.1 Å². The second-order valence-corrected chi connectivity index (χ2v) is 4.07. The van der Waals surface area contributed by atoms with Gasteiger partial charge in [-0.05, 0) is 12.1 Å². The van der Waals surface area contributed by atoms with Crippen molar-refractivity contribution < 1.29 is 4.79 Å². The Hall–Kier alpha value is -1.46. The second-order valence-electron chi connectivity index (χ2n) is 2.72. The molecule has 4 nitrogen and oxygen atoms in total. The van der Waals surface area contributed by atoms with Gasteiger partial charge in [0, 0.05) is 17.1 Å². The first-order valence-electron chi connectivity index (χ1n) is 4.11. The van der Waals surface area contributed by atoms with Crippen molar-refractivity contribution in [3.8, 4) is 0 Å². The fourth-order valence-electron chi connectivity index (χ4n) is 1.02. The number of carbonyl (C=O) groups excluding carboxylic acids is 1. The van der Waals surface area contributed by atoms with E-state index in [1.54, 1.807) is 24.3 Å². The number of halogens is 1. The van der Waals surface area contributed by atoms with E-state index in [-0.39, 0.29) is 5.91 Å². The van der Waals surface area contributed by atoms with Gasteiger partial charge in [0.1, 0.15) is 0 Å². The Morgan fingerprint density at radius 3 is 2.67 bits per heavy atom. The van der Waals surface area contributed by atoms with Crippen LogP contribution in [0.5, 0.6) is 0 Å². The number of anilines is 1. The lowest BCUT2D eigenvalue weighted by Crippen LogP contribution is -2.12. The van der Waals surface area contributed by atoms with Gasteiger partial charge in [-0.3, -0.25) is 4.79 Å². The van der Waals surface area contributed by atoms with Crippen LogP contribution in [0.2, 0.25) is 4.34 Å². The third-order valence-corrected chi connectivity index (χ3v) is 2.62. The molecule has 6 heteroatoms. The highest BCUT2D eigenvalue weighted by molar-refractivity contribution is 7.11. The molecule has 1 aromatic carbocycles. The summed E-state index contributed by atoms with van der Waals surface area (Å²) >= 11 is 6.78. The van der Waals surface area contributed by atoms with Crippen molar-refractivity contribution in [3.63, 3.8) is 0 Å². The number of aromatic nitrogens is 2. The van der Waals surface area contributed by atoms with Gasteiger partial charge in [-0.15, -0.1) is 5.10 Å². The van der Waals surface area contributed by atoms with E-state index in [1.165, 1.54) is 0 Å². The van der Waals surface area contributed by atoms with Gasteiger partial charge in [0.25, 0.3) is 5.91 Å². The molecule has 2 rings (SSSR count). The summed E-state index contributed by atoms with van der Waals surface area (Å²) < 4.78 is 3.99.